The quantitative estimate of drug-likeness (QED) is 0.856. The lowest BCUT2D eigenvalue weighted by molar-refractivity contribution is 0.0794. The molecule has 2 aliphatic rings. The maximum absolute atomic E-state index is 5.65. The maximum Gasteiger partial charge on any atom is 0.197 e. The van der Waals surface area contributed by atoms with Crippen LogP contribution in [0.3, 0.4) is 0 Å². The van der Waals surface area contributed by atoms with Gasteiger partial charge in [0.25, 0.3) is 0 Å². The monoisotopic (exact) mass is 236 g/mol. The minimum Gasteiger partial charge on any atom is -0.448 e. The third-order valence-electron chi connectivity index (χ3n) is 3.78. The van der Waals surface area contributed by atoms with Gasteiger partial charge in [-0.2, -0.15) is 0 Å². The third-order valence-corrected chi connectivity index (χ3v) is 3.78. The smallest absolute Gasteiger partial charge is 0.197 e. The average molecular weight is 236 g/mol. The molecule has 1 aromatic rings. The highest BCUT2D eigenvalue weighted by atomic mass is 16.5. The molecule has 2 aliphatic heterocycles. The zero-order chi connectivity index (χ0) is 11.5. The van der Waals surface area contributed by atoms with Crippen LogP contribution < -0.4 is 5.32 Å². The SMILES string of the molecule is c1oc(C2CCOCC2)nc1C1CCCCN1. The number of ether oxygens (including phenoxy) is 1. The van der Waals surface area contributed by atoms with Crippen LogP contribution in [-0.2, 0) is 4.74 Å². The van der Waals surface area contributed by atoms with E-state index >= 15 is 0 Å². The Labute approximate surface area is 102 Å². The molecular formula is C13H20N2O2. The summed E-state index contributed by atoms with van der Waals surface area (Å²) in [7, 11) is 0. The number of nitrogens with one attached hydrogen (secondary N) is 1. The molecule has 2 saturated heterocycles. The van der Waals surface area contributed by atoms with Crippen LogP contribution in [0.1, 0.15) is 55.6 Å². The molecule has 0 aliphatic carbocycles. The van der Waals surface area contributed by atoms with Gasteiger partial charge in [-0.05, 0) is 32.2 Å². The van der Waals surface area contributed by atoms with Crippen molar-refractivity contribution in [3.63, 3.8) is 0 Å². The molecule has 2 fully saturated rings. The Balaban J connectivity index is 1.68. The number of nitrogens with zero attached hydrogens (tertiary/aromatic N) is 1. The highest BCUT2D eigenvalue weighted by molar-refractivity contribution is 5.07. The molecule has 0 saturated carbocycles. The summed E-state index contributed by atoms with van der Waals surface area (Å²) in [6.07, 6.45) is 7.67. The topological polar surface area (TPSA) is 47.3 Å². The Bertz CT molecular complexity index is 320. The van der Waals surface area contributed by atoms with Crippen LogP contribution in [-0.4, -0.2) is 24.7 Å². The number of hydrogen-bond donors (Lipinski definition) is 1. The summed E-state index contributed by atoms with van der Waals surface area (Å²) < 4.78 is 11.0. The van der Waals surface area contributed by atoms with Gasteiger partial charge in [-0.15, -0.1) is 0 Å². The van der Waals surface area contributed by atoms with Crippen LogP contribution in [0.15, 0.2) is 10.7 Å². The van der Waals surface area contributed by atoms with Crippen molar-refractivity contribution >= 4 is 0 Å². The molecule has 1 N–H and O–H groups in total. The normalized spacial score (nSPS) is 27.2. The van der Waals surface area contributed by atoms with E-state index in [0.29, 0.717) is 12.0 Å². The second kappa shape index (κ2) is 5.19. The molecule has 0 spiro atoms. The molecule has 3 rings (SSSR count). The Morgan fingerprint density at radius 2 is 2.06 bits per heavy atom. The minimum absolute atomic E-state index is 0.404. The van der Waals surface area contributed by atoms with Gasteiger partial charge in [-0.1, -0.05) is 6.42 Å². The fourth-order valence-corrected chi connectivity index (χ4v) is 2.70. The van der Waals surface area contributed by atoms with E-state index in [1.165, 1.54) is 19.3 Å². The largest absolute Gasteiger partial charge is 0.448 e. The minimum atomic E-state index is 0.404. The second-order valence-corrected chi connectivity index (χ2v) is 5.00. The van der Waals surface area contributed by atoms with Gasteiger partial charge in [0, 0.05) is 19.1 Å². The lowest BCUT2D eigenvalue weighted by atomic mass is 10.00. The molecular weight excluding hydrogens is 216 g/mol. The summed E-state index contributed by atoms with van der Waals surface area (Å²) in [4.78, 5) is 4.67. The van der Waals surface area contributed by atoms with E-state index in [4.69, 9.17) is 9.15 Å². The summed E-state index contributed by atoms with van der Waals surface area (Å²) in [5.74, 6) is 1.37. The van der Waals surface area contributed by atoms with Gasteiger partial charge in [0.05, 0.1) is 11.7 Å². The molecule has 94 valence electrons. The van der Waals surface area contributed by atoms with E-state index in [0.717, 1.165) is 44.2 Å². The Hall–Kier alpha value is -0.870. The lowest BCUT2D eigenvalue weighted by Gasteiger charge is -2.21. The molecule has 0 radical (unpaired) electrons. The van der Waals surface area contributed by atoms with Crippen LogP contribution in [0, 0.1) is 0 Å². The summed E-state index contributed by atoms with van der Waals surface area (Å²) >= 11 is 0. The van der Waals surface area contributed by atoms with E-state index in [1.54, 1.807) is 0 Å². The first-order valence-corrected chi connectivity index (χ1v) is 6.70. The van der Waals surface area contributed by atoms with Gasteiger partial charge < -0.3 is 14.5 Å². The molecule has 0 bridgehead atoms. The number of hydrogen-bond acceptors (Lipinski definition) is 4. The van der Waals surface area contributed by atoms with E-state index in [-0.39, 0.29) is 0 Å². The first kappa shape index (κ1) is 11.2. The van der Waals surface area contributed by atoms with Crippen molar-refractivity contribution in [2.24, 2.45) is 0 Å². The van der Waals surface area contributed by atoms with Gasteiger partial charge >= 0.3 is 0 Å². The van der Waals surface area contributed by atoms with Crippen LogP contribution in [0.25, 0.3) is 0 Å². The number of aromatic nitrogens is 1. The molecule has 0 amide bonds. The Kier molecular flexibility index (Phi) is 3.43. The predicted molar refractivity (Wildman–Crippen MR) is 63.9 cm³/mol. The number of piperidine rings is 1. The van der Waals surface area contributed by atoms with Crippen molar-refractivity contribution in [3.8, 4) is 0 Å². The Morgan fingerprint density at radius 1 is 1.18 bits per heavy atom. The van der Waals surface area contributed by atoms with Crippen LogP contribution in [0.5, 0.6) is 0 Å². The second-order valence-electron chi connectivity index (χ2n) is 5.00. The molecule has 0 aromatic carbocycles. The molecule has 3 heterocycles. The van der Waals surface area contributed by atoms with Crippen LogP contribution in [0.2, 0.25) is 0 Å². The first-order chi connectivity index (χ1) is 8.43. The van der Waals surface area contributed by atoms with Crippen molar-refractivity contribution in [1.82, 2.24) is 10.3 Å². The highest BCUT2D eigenvalue weighted by Gasteiger charge is 2.23. The van der Waals surface area contributed by atoms with Crippen molar-refractivity contribution in [2.45, 2.75) is 44.1 Å². The van der Waals surface area contributed by atoms with Crippen molar-refractivity contribution in [3.05, 3.63) is 17.8 Å². The fraction of sp³-hybridized carbons (Fsp3) is 0.769. The predicted octanol–water partition coefficient (Wildman–Crippen LogP) is 2.38. The van der Waals surface area contributed by atoms with Gasteiger partial charge in [0.1, 0.15) is 6.26 Å². The van der Waals surface area contributed by atoms with Gasteiger partial charge in [-0.3, -0.25) is 0 Å². The zero-order valence-electron chi connectivity index (χ0n) is 10.2. The molecule has 17 heavy (non-hydrogen) atoms. The summed E-state index contributed by atoms with van der Waals surface area (Å²) in [6.45, 7) is 2.78. The van der Waals surface area contributed by atoms with Crippen molar-refractivity contribution < 1.29 is 9.15 Å². The standard InChI is InChI=1S/C13H20N2O2/c1-2-6-14-11(3-1)12-9-17-13(15-12)10-4-7-16-8-5-10/h9-11,14H,1-8H2. The lowest BCUT2D eigenvalue weighted by Crippen LogP contribution is -2.27. The summed E-state index contributed by atoms with van der Waals surface area (Å²) in [6, 6.07) is 0.404. The summed E-state index contributed by atoms with van der Waals surface area (Å²) in [5.41, 5.74) is 1.09. The van der Waals surface area contributed by atoms with Gasteiger partial charge in [-0.25, -0.2) is 4.98 Å². The highest BCUT2D eigenvalue weighted by Crippen LogP contribution is 2.29. The van der Waals surface area contributed by atoms with Crippen LogP contribution >= 0.6 is 0 Å². The molecule has 4 heteroatoms. The van der Waals surface area contributed by atoms with Gasteiger partial charge in [0.15, 0.2) is 5.89 Å². The maximum atomic E-state index is 5.65. The third kappa shape index (κ3) is 2.53. The average Bonchev–Trinajstić information content (AvgIpc) is 2.90. The number of oxazole rings is 1. The van der Waals surface area contributed by atoms with Gasteiger partial charge in [0.2, 0.25) is 0 Å². The number of rotatable bonds is 2. The van der Waals surface area contributed by atoms with E-state index in [2.05, 4.69) is 10.3 Å². The molecule has 1 unspecified atom stereocenters. The molecule has 1 aromatic heterocycles. The molecule has 4 nitrogen and oxygen atoms in total. The van der Waals surface area contributed by atoms with Crippen molar-refractivity contribution in [2.75, 3.05) is 19.8 Å². The van der Waals surface area contributed by atoms with E-state index in [9.17, 15) is 0 Å². The Morgan fingerprint density at radius 3 is 2.82 bits per heavy atom. The van der Waals surface area contributed by atoms with E-state index < -0.39 is 0 Å². The van der Waals surface area contributed by atoms with E-state index in [1.807, 2.05) is 6.26 Å². The zero-order valence-corrected chi connectivity index (χ0v) is 10.2. The van der Waals surface area contributed by atoms with Crippen molar-refractivity contribution in [1.29, 1.82) is 0 Å². The fourth-order valence-electron chi connectivity index (χ4n) is 2.70. The first-order valence-electron chi connectivity index (χ1n) is 6.70. The van der Waals surface area contributed by atoms with Crippen LogP contribution in [0.4, 0.5) is 0 Å². The molecule has 1 atom stereocenters. The summed E-state index contributed by atoms with van der Waals surface area (Å²) in [5, 5.41) is 3.50.